The third-order valence-electron chi connectivity index (χ3n) is 6.84. The van der Waals surface area contributed by atoms with Crippen LogP contribution in [-0.4, -0.2) is 53.2 Å². The Labute approximate surface area is 211 Å². The Morgan fingerprint density at radius 3 is 2.72 bits per heavy atom. The summed E-state index contributed by atoms with van der Waals surface area (Å²) in [5.41, 5.74) is 6.66. The summed E-state index contributed by atoms with van der Waals surface area (Å²) in [6.45, 7) is 0.0292. The number of nitrogens with two attached hydrogens (primary N) is 1. The van der Waals surface area contributed by atoms with E-state index < -0.39 is 35.9 Å². The number of benzene rings is 2. The number of aromatic nitrogens is 1. The highest BCUT2D eigenvalue weighted by atomic mass is 35.5. The molecule has 4 amide bonds. The number of carbonyl (C=O) groups is 3. The SMILES string of the molecule is COC[C@@H](NC(=O)[C@@H]1C[C@H]2C[C@H]2N1C(=O)Nc1cn(C(N)=O)c2ccccc12)c1cccc(Cl)c1F. The molecule has 1 aliphatic heterocycles. The fourth-order valence-corrected chi connectivity index (χ4v) is 5.24. The number of halogens is 2. The van der Waals surface area contributed by atoms with Crippen molar-refractivity contribution in [3.8, 4) is 0 Å². The fourth-order valence-electron chi connectivity index (χ4n) is 5.06. The number of rotatable bonds is 6. The number of hydrogen-bond acceptors (Lipinski definition) is 4. The van der Waals surface area contributed by atoms with E-state index in [9.17, 15) is 18.8 Å². The highest BCUT2D eigenvalue weighted by Crippen LogP contribution is 2.48. The van der Waals surface area contributed by atoms with Crippen LogP contribution in [-0.2, 0) is 9.53 Å². The van der Waals surface area contributed by atoms with Gasteiger partial charge < -0.3 is 26.0 Å². The number of likely N-dealkylation sites (tertiary alicyclic amines) is 1. The fraction of sp³-hybridized carbons (Fsp3) is 0.320. The van der Waals surface area contributed by atoms with Crippen molar-refractivity contribution in [3.05, 3.63) is 65.1 Å². The van der Waals surface area contributed by atoms with Crippen LogP contribution >= 0.6 is 11.6 Å². The lowest BCUT2D eigenvalue weighted by molar-refractivity contribution is -0.126. The number of hydrogen-bond donors (Lipinski definition) is 3. The van der Waals surface area contributed by atoms with Gasteiger partial charge in [0, 0.05) is 30.3 Å². The van der Waals surface area contributed by atoms with Crippen LogP contribution in [0.5, 0.6) is 0 Å². The molecule has 2 fully saturated rings. The van der Waals surface area contributed by atoms with Gasteiger partial charge in [0.15, 0.2) is 0 Å². The highest BCUT2D eigenvalue weighted by molar-refractivity contribution is 6.30. The molecule has 3 aromatic rings. The van der Waals surface area contributed by atoms with Gasteiger partial charge in [-0.3, -0.25) is 9.36 Å². The summed E-state index contributed by atoms with van der Waals surface area (Å²) < 4.78 is 21.1. The normalized spacial score (nSPS) is 21.2. The molecule has 1 aliphatic carbocycles. The lowest BCUT2D eigenvalue weighted by Crippen LogP contribution is -2.50. The van der Waals surface area contributed by atoms with Crippen LogP contribution < -0.4 is 16.4 Å². The molecule has 36 heavy (non-hydrogen) atoms. The van der Waals surface area contributed by atoms with Crippen molar-refractivity contribution in [2.75, 3.05) is 19.0 Å². The van der Waals surface area contributed by atoms with E-state index >= 15 is 0 Å². The monoisotopic (exact) mass is 513 g/mol. The molecule has 4 N–H and O–H groups in total. The average Bonchev–Trinajstić information content (AvgIpc) is 3.35. The maximum Gasteiger partial charge on any atom is 0.323 e. The summed E-state index contributed by atoms with van der Waals surface area (Å²) in [4.78, 5) is 40.1. The Bertz CT molecular complexity index is 1360. The Morgan fingerprint density at radius 2 is 1.97 bits per heavy atom. The number of ether oxygens (including phenoxy) is 1. The van der Waals surface area contributed by atoms with Crippen molar-refractivity contribution >= 4 is 46.2 Å². The topological polar surface area (TPSA) is 119 Å². The summed E-state index contributed by atoms with van der Waals surface area (Å²) in [7, 11) is 1.45. The summed E-state index contributed by atoms with van der Waals surface area (Å²) in [5, 5.41) is 6.27. The molecule has 0 unspecified atom stereocenters. The minimum Gasteiger partial charge on any atom is -0.382 e. The number of piperidine rings is 1. The van der Waals surface area contributed by atoms with E-state index in [2.05, 4.69) is 10.6 Å². The Hall–Kier alpha value is -3.63. The van der Waals surface area contributed by atoms with Crippen molar-refractivity contribution in [2.24, 2.45) is 11.7 Å². The zero-order valence-corrected chi connectivity index (χ0v) is 20.2. The number of primary amides is 1. The van der Waals surface area contributed by atoms with E-state index in [4.69, 9.17) is 22.1 Å². The van der Waals surface area contributed by atoms with Crippen LogP contribution in [0.15, 0.2) is 48.7 Å². The molecule has 0 bridgehead atoms. The number of urea groups is 1. The molecule has 9 nitrogen and oxygen atoms in total. The van der Waals surface area contributed by atoms with Crippen LogP contribution in [0.1, 0.15) is 24.4 Å². The first kappa shape index (κ1) is 24.1. The molecule has 2 aliphatic rings. The Balaban J connectivity index is 1.37. The van der Waals surface area contributed by atoms with E-state index in [-0.39, 0.29) is 29.2 Å². The molecular formula is C25H25ClFN5O4. The zero-order valence-electron chi connectivity index (χ0n) is 19.4. The van der Waals surface area contributed by atoms with E-state index in [1.807, 2.05) is 0 Å². The van der Waals surface area contributed by atoms with Crippen molar-refractivity contribution < 1.29 is 23.5 Å². The lowest BCUT2D eigenvalue weighted by atomic mass is 10.1. The molecule has 0 radical (unpaired) electrons. The highest BCUT2D eigenvalue weighted by Gasteiger charge is 2.56. The van der Waals surface area contributed by atoms with Gasteiger partial charge in [-0.15, -0.1) is 0 Å². The molecule has 1 aromatic heterocycles. The van der Waals surface area contributed by atoms with Crippen LogP contribution in [0, 0.1) is 11.7 Å². The van der Waals surface area contributed by atoms with E-state index in [1.165, 1.54) is 34.9 Å². The molecule has 11 heteroatoms. The standard InChI is InChI=1S/C25H25ClFN5O4/c1-36-12-18(15-6-4-7-16(26)22(15)27)29-23(33)21-10-13-9-20(13)32(21)25(35)30-17-11-31(24(28)34)19-8-3-2-5-14(17)19/h2-8,11,13,18,20-21H,9-10,12H2,1H3,(H2,28,34)(H,29,33)(H,30,35)/t13-,18-,20-,21+/m1/s1. The molecular weight excluding hydrogens is 489 g/mol. The summed E-state index contributed by atoms with van der Waals surface area (Å²) in [6.07, 6.45) is 2.78. The van der Waals surface area contributed by atoms with Gasteiger partial charge >= 0.3 is 12.1 Å². The Kier molecular flexibility index (Phi) is 6.31. The number of methoxy groups -OCH3 is 1. The van der Waals surface area contributed by atoms with E-state index in [0.717, 1.165) is 6.42 Å². The average molecular weight is 514 g/mol. The predicted octanol–water partition coefficient (Wildman–Crippen LogP) is 3.86. The van der Waals surface area contributed by atoms with Gasteiger partial charge in [-0.25, -0.2) is 14.0 Å². The van der Waals surface area contributed by atoms with Gasteiger partial charge in [0.1, 0.15) is 11.9 Å². The molecule has 4 atom stereocenters. The van der Waals surface area contributed by atoms with Gasteiger partial charge in [0.25, 0.3) is 0 Å². The minimum atomic E-state index is -0.781. The summed E-state index contributed by atoms with van der Waals surface area (Å²) >= 11 is 5.93. The third-order valence-corrected chi connectivity index (χ3v) is 7.13. The minimum absolute atomic E-state index is 0.0292. The second-order valence-electron chi connectivity index (χ2n) is 9.08. The molecule has 1 saturated carbocycles. The number of nitrogens with zero attached hydrogens (tertiary/aromatic N) is 2. The van der Waals surface area contributed by atoms with Crippen molar-refractivity contribution in [1.29, 1.82) is 0 Å². The van der Waals surface area contributed by atoms with E-state index in [1.54, 1.807) is 30.3 Å². The maximum absolute atomic E-state index is 14.7. The molecule has 188 valence electrons. The maximum atomic E-state index is 14.7. The third kappa shape index (κ3) is 4.27. The van der Waals surface area contributed by atoms with Gasteiger partial charge in [-0.2, -0.15) is 0 Å². The van der Waals surface area contributed by atoms with Crippen LogP contribution in [0.2, 0.25) is 5.02 Å². The number of fused-ring (bicyclic) bond motifs is 2. The molecule has 5 rings (SSSR count). The van der Waals surface area contributed by atoms with Crippen molar-refractivity contribution in [2.45, 2.75) is 31.0 Å². The van der Waals surface area contributed by atoms with Gasteiger partial charge in [0.05, 0.1) is 28.9 Å². The predicted molar refractivity (Wildman–Crippen MR) is 132 cm³/mol. The van der Waals surface area contributed by atoms with Crippen LogP contribution in [0.4, 0.5) is 19.7 Å². The summed E-state index contributed by atoms with van der Waals surface area (Å²) in [6, 6.07) is 8.91. The number of para-hydroxylation sites is 1. The molecule has 2 heterocycles. The first-order valence-electron chi connectivity index (χ1n) is 11.5. The lowest BCUT2D eigenvalue weighted by Gasteiger charge is -2.29. The van der Waals surface area contributed by atoms with E-state index in [0.29, 0.717) is 23.0 Å². The van der Waals surface area contributed by atoms with Crippen LogP contribution in [0.25, 0.3) is 10.9 Å². The number of amides is 4. The molecule has 2 aromatic carbocycles. The largest absolute Gasteiger partial charge is 0.382 e. The quantitative estimate of drug-likeness (QED) is 0.463. The summed E-state index contributed by atoms with van der Waals surface area (Å²) in [5.74, 6) is -0.809. The number of anilines is 1. The number of carbonyl (C=O) groups excluding carboxylic acids is 3. The second-order valence-corrected chi connectivity index (χ2v) is 9.49. The van der Waals surface area contributed by atoms with Gasteiger partial charge in [0.2, 0.25) is 5.91 Å². The number of nitrogens with one attached hydrogen (secondary N) is 2. The Morgan fingerprint density at radius 1 is 1.19 bits per heavy atom. The smallest absolute Gasteiger partial charge is 0.323 e. The van der Waals surface area contributed by atoms with Crippen molar-refractivity contribution in [1.82, 2.24) is 14.8 Å². The second kappa shape index (κ2) is 9.44. The zero-order chi connectivity index (χ0) is 25.6. The first-order chi connectivity index (χ1) is 17.3. The van der Waals surface area contributed by atoms with Crippen molar-refractivity contribution in [3.63, 3.8) is 0 Å². The van der Waals surface area contributed by atoms with Crippen LogP contribution in [0.3, 0.4) is 0 Å². The molecule has 0 spiro atoms. The molecule has 1 saturated heterocycles. The van der Waals surface area contributed by atoms with Gasteiger partial charge in [-0.05, 0) is 30.9 Å². The first-order valence-corrected chi connectivity index (χ1v) is 11.9. The van der Waals surface area contributed by atoms with Gasteiger partial charge in [-0.1, -0.05) is 41.9 Å².